The fraction of sp³-hybridized carbons (Fsp3) is 0.500. The van der Waals surface area contributed by atoms with Crippen LogP contribution in [0.1, 0.15) is 18.0 Å². The Labute approximate surface area is 112 Å². The summed E-state index contributed by atoms with van der Waals surface area (Å²) in [5, 5.41) is 3.10. The molecule has 102 valence electrons. The van der Waals surface area contributed by atoms with Crippen LogP contribution in [0, 0.1) is 0 Å². The van der Waals surface area contributed by atoms with Crippen molar-refractivity contribution in [1.29, 1.82) is 0 Å². The highest BCUT2D eigenvalue weighted by Crippen LogP contribution is 2.31. The third-order valence-electron chi connectivity index (χ3n) is 3.55. The number of urea groups is 1. The number of carbonyl (C=O) groups excluding carboxylic acids is 1. The number of nitrogens with zero attached hydrogens (tertiary/aromatic N) is 1. The lowest BCUT2D eigenvalue weighted by Crippen LogP contribution is -2.47. The van der Waals surface area contributed by atoms with Crippen LogP contribution in [-0.4, -0.2) is 43.8 Å². The Bertz CT molecular complexity index is 458. The van der Waals surface area contributed by atoms with Gasteiger partial charge in [0.05, 0.1) is 25.9 Å². The van der Waals surface area contributed by atoms with Gasteiger partial charge in [-0.3, -0.25) is 0 Å². The number of hydrogen-bond acceptors (Lipinski definition) is 3. The van der Waals surface area contributed by atoms with Crippen molar-refractivity contribution in [2.45, 2.75) is 12.5 Å². The number of hydrogen-bond donors (Lipinski definition) is 1. The van der Waals surface area contributed by atoms with E-state index in [0.29, 0.717) is 32.9 Å². The molecule has 1 atom stereocenters. The fourth-order valence-electron chi connectivity index (χ4n) is 2.50. The molecule has 1 N–H and O–H groups in total. The highest BCUT2D eigenvalue weighted by Gasteiger charge is 2.25. The first-order chi connectivity index (χ1) is 9.34. The summed E-state index contributed by atoms with van der Waals surface area (Å²) in [4.78, 5) is 14.0. The van der Waals surface area contributed by atoms with Crippen LogP contribution in [0.3, 0.4) is 0 Å². The monoisotopic (exact) mass is 262 g/mol. The Morgan fingerprint density at radius 2 is 2.00 bits per heavy atom. The van der Waals surface area contributed by atoms with E-state index in [1.54, 1.807) is 0 Å². The highest BCUT2D eigenvalue weighted by molar-refractivity contribution is 5.75. The van der Waals surface area contributed by atoms with Gasteiger partial charge in [0, 0.05) is 25.1 Å². The third kappa shape index (κ3) is 2.66. The molecule has 5 heteroatoms. The number of nitrogens with one attached hydrogen (secondary N) is 1. The molecule has 1 saturated heterocycles. The van der Waals surface area contributed by atoms with E-state index in [0.717, 1.165) is 17.7 Å². The molecule has 0 aliphatic carbocycles. The van der Waals surface area contributed by atoms with E-state index in [2.05, 4.69) is 5.32 Å². The molecule has 0 aromatic heterocycles. The van der Waals surface area contributed by atoms with Gasteiger partial charge in [-0.1, -0.05) is 18.2 Å². The molecule has 2 aliphatic heterocycles. The number of amides is 2. The van der Waals surface area contributed by atoms with Gasteiger partial charge in [-0.05, 0) is 6.07 Å². The minimum atomic E-state index is -0.00926. The maximum atomic E-state index is 12.2. The van der Waals surface area contributed by atoms with Crippen molar-refractivity contribution < 1.29 is 14.3 Å². The lowest BCUT2D eigenvalue weighted by molar-refractivity contribution is 0.0520. The summed E-state index contributed by atoms with van der Waals surface area (Å²) in [6.45, 7) is 3.22. The second-order valence-corrected chi connectivity index (χ2v) is 4.78. The predicted octanol–water partition coefficient (Wildman–Crippen LogP) is 1.55. The molecular weight excluding hydrogens is 244 g/mol. The largest absolute Gasteiger partial charge is 0.493 e. The summed E-state index contributed by atoms with van der Waals surface area (Å²) in [6, 6.07) is 7.92. The molecule has 0 bridgehead atoms. The second-order valence-electron chi connectivity index (χ2n) is 4.78. The Kier molecular flexibility index (Phi) is 3.55. The van der Waals surface area contributed by atoms with Crippen molar-refractivity contribution in [3.05, 3.63) is 29.8 Å². The maximum Gasteiger partial charge on any atom is 0.318 e. The molecule has 5 nitrogen and oxygen atoms in total. The number of ether oxygens (including phenoxy) is 2. The standard InChI is InChI=1S/C14H18N2O3/c17-14(16-6-9-18-10-7-16)15-12-5-8-19-13-4-2-1-3-11(12)13/h1-4,12H,5-10H2,(H,15,17)/t12-/m0/s1. The molecule has 0 radical (unpaired) electrons. The van der Waals surface area contributed by atoms with E-state index in [1.165, 1.54) is 0 Å². The van der Waals surface area contributed by atoms with Gasteiger partial charge in [0.25, 0.3) is 0 Å². The van der Waals surface area contributed by atoms with Gasteiger partial charge in [0.15, 0.2) is 0 Å². The average molecular weight is 262 g/mol. The Morgan fingerprint density at radius 3 is 2.84 bits per heavy atom. The number of fused-ring (bicyclic) bond motifs is 1. The SMILES string of the molecule is O=C(N[C@H]1CCOc2ccccc21)N1CCOCC1. The quantitative estimate of drug-likeness (QED) is 0.835. The van der Waals surface area contributed by atoms with Gasteiger partial charge < -0.3 is 19.7 Å². The lowest BCUT2D eigenvalue weighted by atomic mass is 10.0. The van der Waals surface area contributed by atoms with Crippen LogP contribution in [-0.2, 0) is 4.74 Å². The summed E-state index contributed by atoms with van der Waals surface area (Å²) in [7, 11) is 0. The summed E-state index contributed by atoms with van der Waals surface area (Å²) < 4.78 is 10.9. The summed E-state index contributed by atoms with van der Waals surface area (Å²) in [6.07, 6.45) is 0.813. The van der Waals surface area contributed by atoms with Crippen molar-refractivity contribution >= 4 is 6.03 Å². The molecule has 0 spiro atoms. The first-order valence-corrected chi connectivity index (χ1v) is 6.69. The highest BCUT2D eigenvalue weighted by atomic mass is 16.5. The van der Waals surface area contributed by atoms with Crippen LogP contribution < -0.4 is 10.1 Å². The van der Waals surface area contributed by atoms with Gasteiger partial charge in [-0.25, -0.2) is 4.79 Å². The Balaban J connectivity index is 1.68. The van der Waals surface area contributed by atoms with Crippen molar-refractivity contribution in [2.24, 2.45) is 0 Å². The second kappa shape index (κ2) is 5.48. The molecule has 2 heterocycles. The first kappa shape index (κ1) is 12.3. The molecule has 1 aromatic rings. The number of morpholine rings is 1. The topological polar surface area (TPSA) is 50.8 Å². The lowest BCUT2D eigenvalue weighted by Gasteiger charge is -2.31. The fourth-order valence-corrected chi connectivity index (χ4v) is 2.50. The van der Waals surface area contributed by atoms with Crippen LogP contribution in [0.2, 0.25) is 0 Å². The third-order valence-corrected chi connectivity index (χ3v) is 3.55. The molecule has 1 aromatic carbocycles. The number of benzene rings is 1. The van der Waals surface area contributed by atoms with Crippen molar-refractivity contribution in [3.63, 3.8) is 0 Å². The molecule has 3 rings (SSSR count). The van der Waals surface area contributed by atoms with Crippen molar-refractivity contribution in [3.8, 4) is 5.75 Å². The van der Waals surface area contributed by atoms with Crippen LogP contribution in [0.25, 0.3) is 0 Å². The maximum absolute atomic E-state index is 12.2. The number of rotatable bonds is 1. The first-order valence-electron chi connectivity index (χ1n) is 6.69. The molecule has 2 aliphatic rings. The summed E-state index contributed by atoms with van der Waals surface area (Å²) >= 11 is 0. The smallest absolute Gasteiger partial charge is 0.318 e. The summed E-state index contributed by atoms with van der Waals surface area (Å²) in [5.41, 5.74) is 1.07. The van der Waals surface area contributed by atoms with Crippen molar-refractivity contribution in [2.75, 3.05) is 32.9 Å². The molecule has 0 saturated carbocycles. The normalized spacial score (nSPS) is 22.3. The number of carbonyl (C=O) groups is 1. The molecule has 1 fully saturated rings. The molecule has 2 amide bonds. The van der Waals surface area contributed by atoms with Crippen LogP contribution in [0.4, 0.5) is 4.79 Å². The van der Waals surface area contributed by atoms with Crippen LogP contribution in [0.5, 0.6) is 5.75 Å². The Morgan fingerprint density at radius 1 is 1.21 bits per heavy atom. The summed E-state index contributed by atoms with van der Waals surface area (Å²) in [5.74, 6) is 0.876. The minimum Gasteiger partial charge on any atom is -0.493 e. The van der Waals surface area contributed by atoms with Gasteiger partial charge in [-0.15, -0.1) is 0 Å². The van der Waals surface area contributed by atoms with Gasteiger partial charge in [0.1, 0.15) is 5.75 Å². The predicted molar refractivity (Wildman–Crippen MR) is 70.2 cm³/mol. The van der Waals surface area contributed by atoms with Crippen LogP contribution in [0.15, 0.2) is 24.3 Å². The van der Waals surface area contributed by atoms with Crippen molar-refractivity contribution in [1.82, 2.24) is 10.2 Å². The Hall–Kier alpha value is -1.75. The average Bonchev–Trinajstić information content (AvgIpc) is 2.48. The minimum absolute atomic E-state index is 0.00926. The van der Waals surface area contributed by atoms with Gasteiger partial charge >= 0.3 is 6.03 Å². The van der Waals surface area contributed by atoms with E-state index in [4.69, 9.17) is 9.47 Å². The molecule has 0 unspecified atom stereocenters. The van der Waals surface area contributed by atoms with E-state index in [-0.39, 0.29) is 12.1 Å². The molecular formula is C14H18N2O3. The van der Waals surface area contributed by atoms with E-state index in [1.807, 2.05) is 29.2 Å². The van der Waals surface area contributed by atoms with E-state index >= 15 is 0 Å². The number of para-hydroxylation sites is 1. The van der Waals surface area contributed by atoms with Gasteiger partial charge in [-0.2, -0.15) is 0 Å². The zero-order valence-corrected chi connectivity index (χ0v) is 10.8. The zero-order chi connectivity index (χ0) is 13.1. The van der Waals surface area contributed by atoms with E-state index < -0.39 is 0 Å². The van der Waals surface area contributed by atoms with Crippen LogP contribution >= 0.6 is 0 Å². The zero-order valence-electron chi connectivity index (χ0n) is 10.8. The molecule has 19 heavy (non-hydrogen) atoms. The van der Waals surface area contributed by atoms with E-state index in [9.17, 15) is 4.79 Å². The van der Waals surface area contributed by atoms with Gasteiger partial charge in [0.2, 0.25) is 0 Å².